The standard InChI is InChI=1S/C13H9N3O2S2/c1-8(17)15-16-12(18)11(20-13(16)19)6-9-2-4-10(7-14)5-3-9/h2-6H,1H3,(H,15,17)/b11-6+. The van der Waals surface area contributed by atoms with Gasteiger partial charge in [0, 0.05) is 6.92 Å². The average molecular weight is 303 g/mol. The van der Waals surface area contributed by atoms with E-state index in [0.717, 1.165) is 22.3 Å². The van der Waals surface area contributed by atoms with Crippen molar-refractivity contribution in [3.05, 3.63) is 40.3 Å². The SMILES string of the molecule is CC(=O)NN1C(=O)/C(=C\c2ccc(C#N)cc2)SC1=S. The van der Waals surface area contributed by atoms with Crippen molar-refractivity contribution < 1.29 is 9.59 Å². The van der Waals surface area contributed by atoms with Crippen molar-refractivity contribution in [3.63, 3.8) is 0 Å². The van der Waals surface area contributed by atoms with Gasteiger partial charge in [-0.25, -0.2) is 0 Å². The number of nitriles is 1. The van der Waals surface area contributed by atoms with Gasteiger partial charge in [0.15, 0.2) is 4.32 Å². The molecular formula is C13H9N3O2S2. The summed E-state index contributed by atoms with van der Waals surface area (Å²) >= 11 is 6.16. The number of nitrogens with one attached hydrogen (secondary N) is 1. The maximum absolute atomic E-state index is 12.1. The van der Waals surface area contributed by atoms with E-state index < -0.39 is 0 Å². The van der Waals surface area contributed by atoms with Crippen molar-refractivity contribution in [2.75, 3.05) is 0 Å². The Bertz CT molecular complexity index is 659. The van der Waals surface area contributed by atoms with Crippen molar-refractivity contribution in [2.45, 2.75) is 6.92 Å². The van der Waals surface area contributed by atoms with Crippen molar-refractivity contribution >= 4 is 46.2 Å². The van der Waals surface area contributed by atoms with Crippen molar-refractivity contribution in [3.8, 4) is 6.07 Å². The third-order valence-corrected chi connectivity index (χ3v) is 3.70. The Balaban J connectivity index is 2.23. The number of rotatable bonds is 2. The summed E-state index contributed by atoms with van der Waals surface area (Å²) in [6.45, 7) is 1.31. The van der Waals surface area contributed by atoms with Gasteiger partial charge < -0.3 is 0 Å². The Kier molecular flexibility index (Phi) is 4.17. The molecule has 1 fully saturated rings. The maximum Gasteiger partial charge on any atom is 0.285 e. The van der Waals surface area contributed by atoms with Crippen LogP contribution >= 0.6 is 24.0 Å². The zero-order chi connectivity index (χ0) is 14.7. The Labute approximate surface area is 125 Å². The van der Waals surface area contributed by atoms with Gasteiger partial charge in [-0.1, -0.05) is 23.9 Å². The molecule has 0 aliphatic carbocycles. The zero-order valence-electron chi connectivity index (χ0n) is 10.4. The molecule has 20 heavy (non-hydrogen) atoms. The molecule has 5 nitrogen and oxygen atoms in total. The summed E-state index contributed by atoms with van der Waals surface area (Å²) in [5.41, 5.74) is 3.71. The molecule has 1 aliphatic rings. The molecule has 2 rings (SSSR count). The second kappa shape index (κ2) is 5.86. The lowest BCUT2D eigenvalue weighted by Gasteiger charge is -2.13. The fraction of sp³-hybridized carbons (Fsp3) is 0.0769. The predicted octanol–water partition coefficient (Wildman–Crippen LogP) is 1.81. The van der Waals surface area contributed by atoms with E-state index in [0.29, 0.717) is 10.5 Å². The van der Waals surface area contributed by atoms with Crippen molar-refractivity contribution in [1.29, 1.82) is 5.26 Å². The Hall–Kier alpha value is -2.17. The summed E-state index contributed by atoms with van der Waals surface area (Å²) in [4.78, 5) is 23.5. The summed E-state index contributed by atoms with van der Waals surface area (Å²) in [5.74, 6) is -0.722. The number of carbonyl (C=O) groups excluding carboxylic acids is 2. The molecular weight excluding hydrogens is 294 g/mol. The molecule has 2 amide bonds. The minimum atomic E-state index is -0.362. The highest BCUT2D eigenvalue weighted by Gasteiger charge is 2.32. The van der Waals surface area contributed by atoms with E-state index in [1.807, 2.05) is 6.07 Å². The fourth-order valence-electron chi connectivity index (χ4n) is 1.53. The predicted molar refractivity (Wildman–Crippen MR) is 80.0 cm³/mol. The van der Waals surface area contributed by atoms with Gasteiger partial charge >= 0.3 is 0 Å². The van der Waals surface area contributed by atoms with E-state index in [1.165, 1.54) is 6.92 Å². The van der Waals surface area contributed by atoms with E-state index in [9.17, 15) is 9.59 Å². The summed E-state index contributed by atoms with van der Waals surface area (Å²) < 4.78 is 0.282. The molecule has 0 saturated carbocycles. The first-order valence-electron chi connectivity index (χ1n) is 5.56. The molecule has 1 aromatic carbocycles. The van der Waals surface area contributed by atoms with Crippen molar-refractivity contribution in [1.82, 2.24) is 10.4 Å². The topological polar surface area (TPSA) is 73.2 Å². The number of hydrazine groups is 1. The van der Waals surface area contributed by atoms with Crippen LogP contribution in [0.3, 0.4) is 0 Å². The third-order valence-electron chi connectivity index (χ3n) is 2.40. The minimum absolute atomic E-state index is 0.282. The molecule has 0 bridgehead atoms. The molecule has 1 heterocycles. The first-order chi connectivity index (χ1) is 9.51. The van der Waals surface area contributed by atoms with Crippen LogP contribution in [0.2, 0.25) is 0 Å². The zero-order valence-corrected chi connectivity index (χ0v) is 12.0. The molecule has 0 radical (unpaired) electrons. The largest absolute Gasteiger partial charge is 0.285 e. The van der Waals surface area contributed by atoms with Gasteiger partial charge in [0.25, 0.3) is 5.91 Å². The average Bonchev–Trinajstić information content (AvgIpc) is 2.67. The van der Waals surface area contributed by atoms with Crippen molar-refractivity contribution in [2.24, 2.45) is 0 Å². The maximum atomic E-state index is 12.1. The number of carbonyl (C=O) groups is 2. The fourth-order valence-corrected chi connectivity index (χ4v) is 2.71. The first kappa shape index (κ1) is 14.2. The Morgan fingerprint density at radius 3 is 2.65 bits per heavy atom. The van der Waals surface area contributed by atoms with Gasteiger partial charge in [-0.15, -0.1) is 0 Å². The third kappa shape index (κ3) is 3.04. The smallest absolute Gasteiger partial charge is 0.274 e. The minimum Gasteiger partial charge on any atom is -0.274 e. The number of thioether (sulfide) groups is 1. The Morgan fingerprint density at radius 1 is 1.45 bits per heavy atom. The van der Waals surface area contributed by atoms with Crippen LogP contribution in [0.4, 0.5) is 0 Å². The van der Waals surface area contributed by atoms with Gasteiger partial charge in [0.1, 0.15) is 0 Å². The number of thiocarbonyl (C=S) groups is 1. The second-order valence-electron chi connectivity index (χ2n) is 3.92. The highest BCUT2D eigenvalue weighted by Crippen LogP contribution is 2.31. The quantitative estimate of drug-likeness (QED) is 0.666. The van der Waals surface area contributed by atoms with Crippen LogP contribution < -0.4 is 5.43 Å². The monoisotopic (exact) mass is 303 g/mol. The van der Waals surface area contributed by atoms with Crippen LogP contribution in [0.5, 0.6) is 0 Å². The molecule has 1 aromatic rings. The number of benzene rings is 1. The highest BCUT2D eigenvalue weighted by molar-refractivity contribution is 8.26. The van der Waals surface area contributed by atoms with Crippen LogP contribution in [0, 0.1) is 11.3 Å². The summed E-state index contributed by atoms with van der Waals surface area (Å²) in [5, 5.41) is 9.77. The van der Waals surface area contributed by atoms with Gasteiger partial charge in [-0.2, -0.15) is 10.3 Å². The first-order valence-corrected chi connectivity index (χ1v) is 6.79. The molecule has 7 heteroatoms. The van der Waals surface area contributed by atoms with Gasteiger partial charge in [0.05, 0.1) is 16.5 Å². The number of amides is 2. The molecule has 0 aromatic heterocycles. The van der Waals surface area contributed by atoms with Crippen LogP contribution in [0.25, 0.3) is 6.08 Å². The van der Waals surface area contributed by atoms with E-state index in [4.69, 9.17) is 17.5 Å². The number of hydrogen-bond donors (Lipinski definition) is 1. The normalized spacial score (nSPS) is 16.4. The summed E-state index contributed by atoms with van der Waals surface area (Å²) in [7, 11) is 0. The van der Waals surface area contributed by atoms with Gasteiger partial charge in [-0.05, 0) is 36.0 Å². The summed E-state index contributed by atoms with van der Waals surface area (Å²) in [6.07, 6.45) is 1.67. The molecule has 1 saturated heterocycles. The van der Waals surface area contributed by atoms with Gasteiger partial charge in [-0.3, -0.25) is 15.0 Å². The van der Waals surface area contributed by atoms with Crippen LogP contribution in [0.1, 0.15) is 18.1 Å². The highest BCUT2D eigenvalue weighted by atomic mass is 32.2. The number of hydrogen-bond acceptors (Lipinski definition) is 5. The molecule has 100 valence electrons. The molecule has 1 N–H and O–H groups in total. The summed E-state index contributed by atoms with van der Waals surface area (Å²) in [6, 6.07) is 8.84. The van der Waals surface area contributed by atoms with E-state index >= 15 is 0 Å². The molecule has 0 atom stereocenters. The Morgan fingerprint density at radius 2 is 2.10 bits per heavy atom. The van der Waals surface area contributed by atoms with Crippen LogP contribution in [-0.2, 0) is 9.59 Å². The molecule has 0 unspecified atom stereocenters. The molecule has 0 spiro atoms. The van der Waals surface area contributed by atoms with Crippen LogP contribution in [0.15, 0.2) is 29.2 Å². The lowest BCUT2D eigenvalue weighted by atomic mass is 10.1. The molecule has 1 aliphatic heterocycles. The van der Waals surface area contributed by atoms with Gasteiger partial charge in [0.2, 0.25) is 5.91 Å². The lowest BCUT2D eigenvalue weighted by molar-refractivity contribution is -0.131. The number of nitrogens with zero attached hydrogens (tertiary/aromatic N) is 2. The van der Waals surface area contributed by atoms with E-state index in [1.54, 1.807) is 30.3 Å². The van der Waals surface area contributed by atoms with Crippen LogP contribution in [-0.4, -0.2) is 21.1 Å². The lowest BCUT2D eigenvalue weighted by Crippen LogP contribution is -2.43. The van der Waals surface area contributed by atoms with E-state index in [-0.39, 0.29) is 16.1 Å². The second-order valence-corrected chi connectivity index (χ2v) is 5.59. The van der Waals surface area contributed by atoms with E-state index in [2.05, 4.69) is 5.43 Å².